The fourth-order valence-electron chi connectivity index (χ4n) is 14.9. The predicted octanol–water partition coefficient (Wildman–Crippen LogP) is 4.40. The third-order valence-electron chi connectivity index (χ3n) is 21.2. The van der Waals surface area contributed by atoms with Gasteiger partial charge in [0.05, 0.1) is 113 Å². The molecule has 8 N–H and O–H groups in total. The van der Waals surface area contributed by atoms with E-state index in [1.165, 1.54) is 47.9 Å². The number of likely N-dealkylation sites (tertiary alicyclic amines) is 2. The maximum Gasteiger partial charge on any atom is 0.410 e. The number of hydrogen-bond acceptors (Lipinski definition) is 24. The number of aliphatic hydroxyl groups is 4. The van der Waals surface area contributed by atoms with E-state index in [0.29, 0.717) is 25.8 Å². The SMILES string of the molecule is CCCC(CC)C1CC(=O)N(CCOCCOCCOCCn2cc(CC(OC(=O)N(C)[C@H](C(=O)N[C@H](C(=O)N(C)[C@@H](C(C)CC)[C@@H](CC(=O)N3CCC[C@H]3[C@H](OC)[C@@H](C)C(=O)NC(Cc3ccccc3)C(=O)O)OC)C(C)C)C(C)C)c3ccc(O[C@@H]4O[C@H](CO)[C@H](O)[C@H](O)[C@H]4O)c4cc(C(=O)O)oc34)nn2)C1=O. The Kier molecular flexibility index (Phi) is 34.3. The number of carbonyl (C=O) groups excluding carboxylic acids is 7. The van der Waals surface area contributed by atoms with Crippen LogP contribution in [0, 0.1) is 35.5 Å². The van der Waals surface area contributed by atoms with Crippen molar-refractivity contribution >= 4 is 64.4 Å². The Balaban J connectivity index is 1.04. The molecule has 7 amide bonds. The van der Waals surface area contributed by atoms with Crippen LogP contribution in [0.2, 0.25) is 0 Å². The highest BCUT2D eigenvalue weighted by Gasteiger charge is 2.48. The van der Waals surface area contributed by atoms with Gasteiger partial charge in [-0.15, -0.1) is 5.10 Å². The average Bonchev–Trinajstić information content (AvgIpc) is 1.56. The molecule has 33 heteroatoms. The number of aliphatic carboxylic acids is 1. The standard InChI is InChI=1S/C77H115N9O24/c1-14-21-48(16-3)51-39-60(88)86(72(51)95)29-31-105-33-35-106-34-32-104-30-28-84-41-49(80-81-84)37-56(50-25-26-55(52-38-58(75(99)100)107-69(50)52)108-76-67(92)66(91)65(90)59(42-87)109-76)110-77(101)83(11)63(44(6)7)71(94)79-62(43(4)5)73(96)82(10)64(45(8)15-2)57(102-12)40-61(89)85-27-20-24-54(85)68(103-13)46(9)70(93)78-53(74(97)98)36-47-22-18-17-19-23-47/h17-19,22-23,25-26,38,41,43-46,48,51,53-54,56-57,59,62-68,76,87,90-92H,14-16,20-21,24,27-37,39-40,42H2,1-13H3,(H,78,93)(H,79,94)(H,97,98)(H,99,100)/t45?,46-,48?,51?,53?,54+,56?,57-,59-,62+,63+,64+,65+,66+,67-,68-,76-/m1/s1. The van der Waals surface area contributed by atoms with Crippen molar-refractivity contribution < 1.29 is 116 Å². The van der Waals surface area contributed by atoms with Crippen LogP contribution in [0.3, 0.4) is 0 Å². The van der Waals surface area contributed by atoms with Gasteiger partial charge < -0.3 is 93.4 Å². The summed E-state index contributed by atoms with van der Waals surface area (Å²) in [5.74, 6) is -8.36. The minimum absolute atomic E-state index is 0.0384. The van der Waals surface area contributed by atoms with E-state index in [2.05, 4.69) is 27.9 Å². The smallest absolute Gasteiger partial charge is 0.410 e. The lowest BCUT2D eigenvalue weighted by atomic mass is 9.85. The van der Waals surface area contributed by atoms with Crippen LogP contribution in [0.15, 0.2) is 59.1 Å². The molecule has 3 saturated heterocycles. The summed E-state index contributed by atoms with van der Waals surface area (Å²) in [6, 6.07) is 7.70. The van der Waals surface area contributed by atoms with Crippen LogP contribution in [-0.4, -0.2) is 279 Å². The van der Waals surface area contributed by atoms with Gasteiger partial charge in [0, 0.05) is 71.9 Å². The summed E-state index contributed by atoms with van der Waals surface area (Å²) in [6.07, 6.45) is -6.98. The number of aliphatic hydroxyl groups excluding tert-OH is 4. The van der Waals surface area contributed by atoms with E-state index in [4.69, 9.17) is 42.3 Å². The maximum absolute atomic E-state index is 15.2. The van der Waals surface area contributed by atoms with Crippen molar-refractivity contribution in [3.63, 3.8) is 0 Å². The number of carboxylic acid groups (broad SMARTS) is 2. The van der Waals surface area contributed by atoms with Gasteiger partial charge in [0.25, 0.3) is 0 Å². The van der Waals surface area contributed by atoms with Crippen LogP contribution in [0.5, 0.6) is 5.75 Å². The van der Waals surface area contributed by atoms with Gasteiger partial charge >= 0.3 is 18.0 Å². The number of amides is 7. The van der Waals surface area contributed by atoms with Crippen molar-refractivity contribution in [2.45, 2.75) is 212 Å². The molecule has 3 aliphatic heterocycles. The van der Waals surface area contributed by atoms with Gasteiger partial charge in [0.15, 0.2) is 0 Å². The minimum Gasteiger partial charge on any atom is -0.480 e. The Morgan fingerprint density at radius 2 is 1.45 bits per heavy atom. The number of nitrogens with one attached hydrogen (secondary N) is 2. The van der Waals surface area contributed by atoms with Crippen molar-refractivity contribution in [2.24, 2.45) is 35.5 Å². The number of hydrogen-bond donors (Lipinski definition) is 8. The van der Waals surface area contributed by atoms with Crippen LogP contribution < -0.4 is 15.4 Å². The molecular weight excluding hydrogens is 1430 g/mol. The van der Waals surface area contributed by atoms with E-state index < -0.39 is 145 Å². The first kappa shape index (κ1) is 89.0. The molecule has 2 aromatic carbocycles. The number of imide groups is 1. The fourth-order valence-corrected chi connectivity index (χ4v) is 14.9. The van der Waals surface area contributed by atoms with Gasteiger partial charge in [-0.3, -0.25) is 38.6 Å². The highest BCUT2D eigenvalue weighted by Crippen LogP contribution is 2.40. The molecule has 5 heterocycles. The summed E-state index contributed by atoms with van der Waals surface area (Å²) in [6.45, 7) is 17.6. The second-order valence-corrected chi connectivity index (χ2v) is 29.4. The number of methoxy groups -OCH3 is 2. The van der Waals surface area contributed by atoms with E-state index >= 15 is 4.79 Å². The van der Waals surface area contributed by atoms with Crippen molar-refractivity contribution in [1.29, 1.82) is 0 Å². The number of rotatable bonds is 45. The molecule has 4 aromatic rings. The van der Waals surface area contributed by atoms with Gasteiger partial charge in [-0.05, 0) is 60.6 Å². The first-order valence-electron chi connectivity index (χ1n) is 38.1. The number of likely N-dealkylation sites (N-methyl/N-ethyl adjacent to an activating group) is 2. The number of ether oxygens (including phenoxy) is 8. The largest absolute Gasteiger partial charge is 0.480 e. The number of carbonyl (C=O) groups is 9. The zero-order chi connectivity index (χ0) is 80.8. The number of aromatic nitrogens is 3. The Morgan fingerprint density at radius 3 is 2.05 bits per heavy atom. The molecule has 33 nitrogen and oxygen atoms in total. The van der Waals surface area contributed by atoms with Crippen LogP contribution in [-0.2, 0) is 86.1 Å². The Morgan fingerprint density at radius 1 is 0.773 bits per heavy atom. The van der Waals surface area contributed by atoms with E-state index in [9.17, 15) is 69.0 Å². The Labute approximate surface area is 641 Å². The second kappa shape index (κ2) is 42.4. The van der Waals surface area contributed by atoms with Crippen molar-refractivity contribution in [3.8, 4) is 5.75 Å². The maximum atomic E-state index is 15.2. The molecule has 0 aliphatic carbocycles. The molecule has 110 heavy (non-hydrogen) atoms. The lowest BCUT2D eigenvalue weighted by Crippen LogP contribution is -2.60. The monoisotopic (exact) mass is 1550 g/mol. The molecule has 3 aliphatic rings. The summed E-state index contributed by atoms with van der Waals surface area (Å²) in [7, 11) is 5.80. The van der Waals surface area contributed by atoms with Crippen LogP contribution in [0.25, 0.3) is 11.0 Å². The quantitative estimate of drug-likeness (QED) is 0.0224. The third kappa shape index (κ3) is 22.8. The average molecular weight is 1550 g/mol. The number of furan rings is 1. The summed E-state index contributed by atoms with van der Waals surface area (Å²) in [5.41, 5.74) is 0.848. The first-order chi connectivity index (χ1) is 52.4. The number of carboxylic acids is 2. The van der Waals surface area contributed by atoms with Gasteiger partial charge in [0.1, 0.15) is 60.0 Å². The van der Waals surface area contributed by atoms with Crippen LogP contribution >= 0.6 is 0 Å². The fraction of sp³-hybridized carbons (Fsp3) is 0.675. The summed E-state index contributed by atoms with van der Waals surface area (Å²) in [5, 5.41) is 76.5. The zero-order valence-corrected chi connectivity index (χ0v) is 65.5. The normalized spacial score (nSPS) is 21.6. The first-order valence-corrected chi connectivity index (χ1v) is 38.1. The van der Waals surface area contributed by atoms with Gasteiger partial charge in [-0.25, -0.2) is 19.1 Å². The summed E-state index contributed by atoms with van der Waals surface area (Å²) < 4.78 is 54.6. The molecule has 3 fully saturated rings. The number of benzene rings is 2. The van der Waals surface area contributed by atoms with E-state index in [1.807, 2.05) is 26.8 Å². The lowest BCUT2D eigenvalue weighted by molar-refractivity contribution is -0.277. The van der Waals surface area contributed by atoms with E-state index in [0.717, 1.165) is 35.8 Å². The molecule has 0 spiro atoms. The topological polar surface area (TPSA) is 430 Å². The van der Waals surface area contributed by atoms with Crippen LogP contribution in [0.4, 0.5) is 4.79 Å². The Bertz CT molecular complexity index is 3670. The van der Waals surface area contributed by atoms with E-state index in [-0.39, 0.29) is 142 Å². The predicted molar refractivity (Wildman–Crippen MR) is 395 cm³/mol. The molecular formula is C77H115N9O24. The van der Waals surface area contributed by atoms with Crippen molar-refractivity contribution in [1.82, 2.24) is 45.2 Å². The number of aromatic carboxylic acids is 1. The van der Waals surface area contributed by atoms with Gasteiger partial charge in [-0.1, -0.05) is 117 Å². The van der Waals surface area contributed by atoms with Gasteiger partial charge in [-0.2, -0.15) is 0 Å². The molecule has 2 aromatic heterocycles. The number of fused-ring (bicyclic) bond motifs is 1. The Hall–Kier alpha value is -8.25. The third-order valence-corrected chi connectivity index (χ3v) is 21.2. The molecule has 612 valence electrons. The highest BCUT2D eigenvalue weighted by molar-refractivity contribution is 6.03. The van der Waals surface area contributed by atoms with Crippen LogP contribution in [0.1, 0.15) is 147 Å². The lowest BCUT2D eigenvalue weighted by Gasteiger charge is -2.41. The van der Waals surface area contributed by atoms with Crippen molar-refractivity contribution in [2.75, 3.05) is 87.7 Å². The molecule has 0 radical (unpaired) electrons. The summed E-state index contributed by atoms with van der Waals surface area (Å²) in [4.78, 5) is 130. The molecule has 0 saturated carbocycles. The number of nitrogens with zero attached hydrogens (tertiary/aromatic N) is 7. The zero-order valence-electron chi connectivity index (χ0n) is 65.5. The summed E-state index contributed by atoms with van der Waals surface area (Å²) >= 11 is 0. The minimum atomic E-state index is -1.86. The van der Waals surface area contributed by atoms with E-state index in [1.54, 1.807) is 77.0 Å². The molecule has 5 unspecified atom stereocenters. The molecule has 0 bridgehead atoms. The molecule has 7 rings (SSSR count). The van der Waals surface area contributed by atoms with Crippen molar-refractivity contribution in [3.05, 3.63) is 77.3 Å². The van der Waals surface area contributed by atoms with Gasteiger partial charge in [0.2, 0.25) is 47.5 Å². The second-order valence-electron chi connectivity index (χ2n) is 29.4. The molecule has 17 atom stereocenters. The highest BCUT2D eigenvalue weighted by atomic mass is 16.7.